The monoisotopic (exact) mass is 1980 g/mol. The molecule has 9 N–H and O–H groups in total. The molecule has 0 bridgehead atoms. The maximum absolute atomic E-state index is 13.0. The smallest absolute Gasteiger partial charge is 0.333 e. The number of carbonyl (C=O) groups is 8. The zero-order chi connectivity index (χ0) is 100. The number of aromatic nitrogens is 8. The summed E-state index contributed by atoms with van der Waals surface area (Å²) in [6.07, 6.45) is 12.7. The highest BCUT2D eigenvalue weighted by Crippen LogP contribution is 2.42. The summed E-state index contributed by atoms with van der Waals surface area (Å²) in [7, 11) is -3.57. The molecule has 0 radical (unpaired) electrons. The number of hydrogen-bond donors (Lipinski definition) is 9. The van der Waals surface area contributed by atoms with Gasteiger partial charge in [-0.15, -0.1) is 0 Å². The fourth-order valence-corrected chi connectivity index (χ4v) is 21.2. The van der Waals surface area contributed by atoms with E-state index in [2.05, 4.69) is 63.2 Å². The molecule has 14 rings (SSSR count). The van der Waals surface area contributed by atoms with Crippen molar-refractivity contribution in [3.8, 4) is 0 Å². The summed E-state index contributed by atoms with van der Waals surface area (Å²) in [4.78, 5) is 108. The Morgan fingerprint density at radius 1 is 0.401 bits per heavy atom. The number of nitrogens with zero attached hydrogens (tertiary/aromatic N) is 12. The third-order valence-corrected chi connectivity index (χ3v) is 29.7. The zero-order valence-corrected chi connectivity index (χ0v) is 83.9. The molecule has 4 aliphatic carbocycles. The van der Waals surface area contributed by atoms with Crippen LogP contribution in [0.15, 0.2) is 92.9 Å². The van der Waals surface area contributed by atoms with Gasteiger partial charge < -0.3 is 64.9 Å². The van der Waals surface area contributed by atoms with E-state index in [9.17, 15) is 77.1 Å². The number of benzene rings is 4. The molecular weight excluding hydrogens is 1850 g/mol. The molecule has 8 aromatic rings. The van der Waals surface area contributed by atoms with E-state index >= 15 is 0 Å². The maximum Gasteiger partial charge on any atom is 0.333 e. The predicted octanol–water partition coefficient (Wildman–Crippen LogP) is 9.08. The van der Waals surface area contributed by atoms with E-state index in [0.717, 1.165) is 151 Å². The first-order valence-electron chi connectivity index (χ1n) is 45.7. The second-order valence-corrected chi connectivity index (χ2v) is 42.3. The van der Waals surface area contributed by atoms with Gasteiger partial charge in [-0.1, -0.05) is 104 Å². The lowest BCUT2D eigenvalue weighted by Gasteiger charge is -2.29. The quantitative estimate of drug-likeness (QED) is 0.0202. The molecule has 4 aromatic carbocycles. The minimum atomic E-state index is -4.35. The summed E-state index contributed by atoms with van der Waals surface area (Å²) in [6, 6.07) is 17.1. The van der Waals surface area contributed by atoms with E-state index in [4.69, 9.17) is 18.9 Å². The largest absolute Gasteiger partial charge is 0.393 e. The highest BCUT2D eigenvalue weighted by atomic mass is 32.2. The number of para-hydroxylation sites is 2. The Kier molecular flexibility index (Phi) is 35.3. The summed E-state index contributed by atoms with van der Waals surface area (Å²) in [5.41, 5.74) is 16.0. The number of carbonyl (C=O) groups excluding carboxylic acids is 8. The summed E-state index contributed by atoms with van der Waals surface area (Å²) < 4.78 is 136. The van der Waals surface area contributed by atoms with Crippen molar-refractivity contribution < 1.29 is 96.1 Å². The number of amides is 12. The number of anilines is 4. The van der Waals surface area contributed by atoms with Gasteiger partial charge in [0, 0.05) is 157 Å². The highest BCUT2D eigenvalue weighted by Gasteiger charge is 2.37. The summed E-state index contributed by atoms with van der Waals surface area (Å²) in [5.74, 6) is -1.07. The van der Waals surface area contributed by atoms with Gasteiger partial charge >= 0.3 is 24.1 Å². The third kappa shape index (κ3) is 25.6. The Labute approximate surface area is 800 Å². The molecule has 137 heavy (non-hydrogen) atoms. The first-order chi connectivity index (χ1) is 64.8. The van der Waals surface area contributed by atoms with Crippen molar-refractivity contribution in [1.29, 1.82) is 0 Å². The van der Waals surface area contributed by atoms with Gasteiger partial charge in [-0.2, -0.15) is 54.1 Å². The van der Waals surface area contributed by atoms with Gasteiger partial charge in [0.05, 0.1) is 32.0 Å². The molecule has 6 heterocycles. The number of piperidine rings is 1. The Hall–Kier alpha value is -11.7. The van der Waals surface area contributed by atoms with E-state index in [1.54, 1.807) is 24.0 Å². The second kappa shape index (κ2) is 45.7. The third-order valence-electron chi connectivity index (χ3n) is 24.9. The molecule has 2 aliphatic heterocycles. The van der Waals surface area contributed by atoms with Gasteiger partial charge in [0.1, 0.15) is 22.8 Å². The SMILES string of the molecule is COC1CCN(C(=O)c2cc(S(=O)(=O)NC(=O)Nc3c4c(cc5c3CCC5)CCC4)nn2C)C1.COCCN(C)C(=O)c1cc(S(=O)(=O)NC(=O)Nc2c(C(C)C)cccc2C(C)C)nn1C.COCCN(CCOC)C(=O)c1cc(S(=O)(=O)NC(=O)Nc2c(C(C)C)cccc2C(C)C)nn1C.Cn1nc(S(=O)(=O)NC(=O)Nc2c3c(cc4c2CCC4)CCC3)cc1C(=O)N1CCC(O)CC1. The molecule has 2 fully saturated rings. The maximum atomic E-state index is 13.0. The van der Waals surface area contributed by atoms with Gasteiger partial charge in [0.2, 0.25) is 0 Å². The molecule has 12 amide bonds. The first-order valence-corrected chi connectivity index (χ1v) is 51.6. The zero-order valence-electron chi connectivity index (χ0n) is 80.7. The lowest BCUT2D eigenvalue weighted by Crippen LogP contribution is -2.40. The number of aryl methyl sites for hydroxylation is 8. The van der Waals surface area contributed by atoms with E-state index in [-0.39, 0.29) is 69.4 Å². The number of sulfonamides is 4. The van der Waals surface area contributed by atoms with Crippen molar-refractivity contribution in [3.63, 3.8) is 0 Å². The molecule has 0 spiro atoms. The van der Waals surface area contributed by atoms with E-state index in [1.165, 1.54) is 112 Å². The lowest BCUT2D eigenvalue weighted by atomic mass is 9.93. The molecule has 0 saturated carbocycles. The minimum absolute atomic E-state index is 0.0355. The van der Waals surface area contributed by atoms with Crippen molar-refractivity contribution >= 4 is 111 Å². The Morgan fingerprint density at radius 2 is 0.693 bits per heavy atom. The van der Waals surface area contributed by atoms with Crippen LogP contribution in [0.4, 0.5) is 41.9 Å². The number of ether oxygens (including phenoxy) is 4. The van der Waals surface area contributed by atoms with Crippen LogP contribution in [0, 0.1) is 0 Å². The van der Waals surface area contributed by atoms with Gasteiger partial charge in [0.15, 0.2) is 20.1 Å². The number of aliphatic hydroxyl groups is 1. The van der Waals surface area contributed by atoms with Gasteiger partial charge in [-0.3, -0.25) is 37.9 Å². The Balaban J connectivity index is 0.000000175. The molecule has 746 valence electrons. The minimum Gasteiger partial charge on any atom is -0.393 e. The van der Waals surface area contributed by atoms with Crippen molar-refractivity contribution in [3.05, 3.63) is 162 Å². The summed E-state index contributed by atoms with van der Waals surface area (Å²) in [5, 5.41) is 34.9. The van der Waals surface area contributed by atoms with Crippen molar-refractivity contribution in [2.45, 2.75) is 208 Å². The number of nitrogens with one attached hydrogen (secondary N) is 8. The first kappa shape index (κ1) is 106. The van der Waals surface area contributed by atoms with Crippen molar-refractivity contribution in [2.24, 2.45) is 28.2 Å². The number of urea groups is 4. The average molecular weight is 1980 g/mol. The molecule has 4 aromatic heterocycles. The van der Waals surface area contributed by atoms with E-state index in [1.807, 2.05) is 101 Å². The van der Waals surface area contributed by atoms with Crippen LogP contribution >= 0.6 is 0 Å². The van der Waals surface area contributed by atoms with E-state index < -0.39 is 97.2 Å². The van der Waals surface area contributed by atoms with Crippen LogP contribution in [-0.2, 0) is 139 Å². The van der Waals surface area contributed by atoms with Crippen LogP contribution in [0.2, 0.25) is 0 Å². The number of likely N-dealkylation sites (tertiary alicyclic amines) is 2. The highest BCUT2D eigenvalue weighted by molar-refractivity contribution is 7.90. The summed E-state index contributed by atoms with van der Waals surface area (Å²) >= 11 is 0. The Morgan fingerprint density at radius 3 is 1.01 bits per heavy atom. The Bertz CT molecular complexity index is 5990. The van der Waals surface area contributed by atoms with Crippen LogP contribution in [0.5, 0.6) is 0 Å². The topological polar surface area (TPSA) is 511 Å². The van der Waals surface area contributed by atoms with Crippen LogP contribution in [0.3, 0.4) is 0 Å². The number of rotatable bonds is 30. The lowest BCUT2D eigenvalue weighted by molar-refractivity contribution is 0.0536. The standard InChI is InChI=1S/C24H37N5O6S.2C23H29N5O5S.C22H33N5O5S/c1-16(2)18-9-8-10-19(17(3)4)22(18)25-24(31)27-36(32,33)21-15-20(28(5)26-21)23(30)29(11-13-34-6)12-14-35-7;1-27-19(22(29)28-10-9-16(13-28)33-2)12-20(25-27)34(31,32)26-23(30)24-21-17-7-3-5-14(17)11-15-6-4-8-18(15)21;1-27-19(22(30)28-10-8-16(29)9-11-28)13-20(25-27)34(32,33)26-23(31)24-21-17-6-2-4-14(17)12-15-5-3-7-18(15)21;1-14(2)16-9-8-10-17(15(3)4)20(16)23-22(29)25-33(30,31)19-13-18(27(6)24-19)21(28)26(5)11-12-32-7/h8-10,15-17H,11-14H2,1-7H3,(H2,25,27,31);11-12,16H,3-10,13H2,1-2H3,(H2,24,26,30);12-13,16,29H,2-11H2,1H3,(H2,24,26,31);8-10,13-15H,11-12H2,1-7H3,(H2,23,25,29). The average Bonchev–Trinajstić information content (AvgIpc) is 1.63. The molecule has 6 aliphatic rings. The fraction of sp³-hybridized carbons (Fsp3) is 0.522. The molecule has 1 atom stereocenters. The molecule has 1 unspecified atom stereocenters. The molecule has 41 nitrogen and oxygen atoms in total. The molecule has 2 saturated heterocycles. The molecular formula is C92H128N20O21S4. The van der Waals surface area contributed by atoms with Crippen LogP contribution in [0.25, 0.3) is 0 Å². The molecule has 45 heteroatoms. The summed E-state index contributed by atoms with van der Waals surface area (Å²) in [6.45, 7) is 19.6. The van der Waals surface area contributed by atoms with Crippen molar-refractivity contribution in [2.75, 3.05) is 122 Å². The fourth-order valence-electron chi connectivity index (χ4n) is 17.6. The number of likely N-dealkylation sites (N-methyl/N-ethyl adjacent to an activating group) is 1. The van der Waals surface area contributed by atoms with Gasteiger partial charge in [-0.05, 0) is 187 Å². The normalized spacial score (nSPS) is 15.1. The van der Waals surface area contributed by atoms with Gasteiger partial charge in [-0.25, -0.2) is 38.1 Å². The number of methoxy groups -OCH3 is 4. The number of fused-ring (bicyclic) bond motifs is 4. The van der Waals surface area contributed by atoms with Crippen LogP contribution < -0.4 is 40.2 Å². The second-order valence-electron chi connectivity index (χ2n) is 35.8. The van der Waals surface area contributed by atoms with E-state index in [0.29, 0.717) is 89.9 Å². The predicted molar refractivity (Wildman–Crippen MR) is 511 cm³/mol. The number of hydrogen-bond acceptors (Lipinski definition) is 25. The number of aliphatic hydroxyl groups excluding tert-OH is 1. The van der Waals surface area contributed by atoms with Crippen molar-refractivity contribution in [1.82, 2.24) is 77.6 Å². The van der Waals surface area contributed by atoms with Gasteiger partial charge in [0.25, 0.3) is 63.7 Å². The van der Waals surface area contributed by atoms with Crippen LogP contribution in [0.1, 0.15) is 233 Å². The van der Waals surface area contributed by atoms with Crippen LogP contribution in [-0.4, -0.2) is 259 Å².